The molecule has 116 valence electrons. The van der Waals surface area contributed by atoms with Gasteiger partial charge in [-0.3, -0.25) is 4.79 Å². The third-order valence-corrected chi connectivity index (χ3v) is 4.29. The zero-order chi connectivity index (χ0) is 15.1. The van der Waals surface area contributed by atoms with Crippen LogP contribution in [0.15, 0.2) is 17.5 Å². The number of aliphatic carboxylic acids is 1. The number of thiophene rings is 1. The Kier molecular flexibility index (Phi) is 6.16. The second-order valence-corrected chi connectivity index (χ2v) is 5.90. The highest BCUT2D eigenvalue weighted by Gasteiger charge is 2.23. The maximum atomic E-state index is 11.8. The molecule has 1 amide bonds. The summed E-state index contributed by atoms with van der Waals surface area (Å²) in [6.45, 7) is 2.21. The van der Waals surface area contributed by atoms with Crippen molar-refractivity contribution in [3.63, 3.8) is 0 Å². The lowest BCUT2D eigenvalue weighted by Gasteiger charge is -2.23. The Balaban J connectivity index is 1.73. The molecule has 2 heterocycles. The fourth-order valence-electron chi connectivity index (χ4n) is 2.22. The number of carbonyl (C=O) groups excluding carboxylic acids is 1. The summed E-state index contributed by atoms with van der Waals surface area (Å²) in [4.78, 5) is 23.7. The quantitative estimate of drug-likeness (QED) is 0.703. The molecule has 1 saturated heterocycles. The highest BCUT2D eigenvalue weighted by atomic mass is 32.1. The maximum Gasteiger partial charge on any atom is 0.331 e. The summed E-state index contributed by atoms with van der Waals surface area (Å²) in [6, 6.07) is 2.49. The van der Waals surface area contributed by atoms with Gasteiger partial charge in [0.15, 0.2) is 6.04 Å². The Morgan fingerprint density at radius 1 is 1.48 bits per heavy atom. The van der Waals surface area contributed by atoms with Crippen molar-refractivity contribution in [3.8, 4) is 0 Å². The van der Waals surface area contributed by atoms with E-state index in [1.807, 2.05) is 0 Å². The second kappa shape index (κ2) is 8.11. The van der Waals surface area contributed by atoms with Crippen LogP contribution in [0.4, 0.5) is 0 Å². The van der Waals surface area contributed by atoms with E-state index in [2.05, 4.69) is 10.6 Å². The number of hydrogen-bond acceptors (Lipinski definition) is 5. The van der Waals surface area contributed by atoms with Crippen LogP contribution in [0, 0.1) is 0 Å². The molecule has 0 aromatic carbocycles. The molecule has 1 atom stereocenters. The molecule has 1 aliphatic rings. The van der Waals surface area contributed by atoms with Crippen molar-refractivity contribution in [1.82, 2.24) is 10.6 Å². The van der Waals surface area contributed by atoms with Crippen molar-refractivity contribution in [3.05, 3.63) is 22.4 Å². The van der Waals surface area contributed by atoms with Crippen molar-refractivity contribution >= 4 is 23.2 Å². The molecule has 7 heteroatoms. The van der Waals surface area contributed by atoms with Gasteiger partial charge in [0.2, 0.25) is 5.91 Å². The number of ether oxygens (including phenoxy) is 1. The van der Waals surface area contributed by atoms with Crippen LogP contribution < -0.4 is 10.6 Å². The number of carbonyl (C=O) groups is 2. The van der Waals surface area contributed by atoms with Crippen LogP contribution in [0.3, 0.4) is 0 Å². The predicted octanol–water partition coefficient (Wildman–Crippen LogP) is 1.15. The number of hydrogen-bond donors (Lipinski definition) is 3. The van der Waals surface area contributed by atoms with Crippen LogP contribution in [0.1, 0.15) is 30.2 Å². The number of carboxylic acid groups (broad SMARTS) is 1. The molecule has 2 rings (SSSR count). The van der Waals surface area contributed by atoms with Crippen LogP contribution in [-0.2, 0) is 14.3 Å². The lowest BCUT2D eigenvalue weighted by molar-refractivity contribution is -0.142. The van der Waals surface area contributed by atoms with E-state index in [-0.39, 0.29) is 18.4 Å². The average molecular weight is 312 g/mol. The van der Waals surface area contributed by atoms with E-state index in [0.717, 1.165) is 25.9 Å². The highest BCUT2D eigenvalue weighted by Crippen LogP contribution is 2.19. The molecule has 0 bridgehead atoms. The number of amides is 1. The van der Waals surface area contributed by atoms with Crippen molar-refractivity contribution in [2.75, 3.05) is 19.7 Å². The largest absolute Gasteiger partial charge is 0.479 e. The summed E-state index contributed by atoms with van der Waals surface area (Å²) in [6.07, 6.45) is 2.29. The molecule has 1 aliphatic heterocycles. The molecule has 3 N–H and O–H groups in total. The van der Waals surface area contributed by atoms with Gasteiger partial charge < -0.3 is 20.5 Å². The molecule has 1 aromatic heterocycles. The number of rotatable bonds is 7. The fraction of sp³-hybridized carbons (Fsp3) is 0.571. The third kappa shape index (κ3) is 5.11. The maximum absolute atomic E-state index is 11.8. The molecule has 0 radical (unpaired) electrons. The topological polar surface area (TPSA) is 87.7 Å². The smallest absolute Gasteiger partial charge is 0.331 e. The standard InChI is InChI=1S/C14H20N2O4S/c17-12(5-8-20-10-3-6-15-7-4-10)16-13(14(18)19)11-2-1-9-21-11/h1-2,9-10,13,15H,3-8H2,(H,16,17)(H,18,19). The minimum absolute atomic E-state index is 0.180. The van der Waals surface area contributed by atoms with E-state index in [9.17, 15) is 14.7 Å². The summed E-state index contributed by atoms with van der Waals surface area (Å²) >= 11 is 1.31. The summed E-state index contributed by atoms with van der Waals surface area (Å²) < 4.78 is 5.64. The fourth-order valence-corrected chi connectivity index (χ4v) is 2.99. The van der Waals surface area contributed by atoms with Gasteiger partial charge in [0.05, 0.1) is 19.1 Å². The Hall–Kier alpha value is -1.44. The minimum Gasteiger partial charge on any atom is -0.479 e. The highest BCUT2D eigenvalue weighted by molar-refractivity contribution is 7.10. The first kappa shape index (κ1) is 15.9. The molecular formula is C14H20N2O4S. The minimum atomic E-state index is -1.05. The van der Waals surface area contributed by atoms with Crippen LogP contribution in [0.25, 0.3) is 0 Å². The molecule has 1 unspecified atom stereocenters. The van der Waals surface area contributed by atoms with Gasteiger partial charge in [-0.1, -0.05) is 6.07 Å². The van der Waals surface area contributed by atoms with Crippen LogP contribution in [0.2, 0.25) is 0 Å². The predicted molar refractivity (Wildman–Crippen MR) is 79.3 cm³/mol. The Morgan fingerprint density at radius 2 is 2.24 bits per heavy atom. The number of piperidine rings is 1. The van der Waals surface area contributed by atoms with Gasteiger partial charge in [0.1, 0.15) is 0 Å². The molecule has 0 spiro atoms. The van der Waals surface area contributed by atoms with Crippen molar-refractivity contribution in [1.29, 1.82) is 0 Å². The van der Waals surface area contributed by atoms with Gasteiger partial charge in [0.25, 0.3) is 0 Å². The molecule has 1 fully saturated rings. The van der Waals surface area contributed by atoms with E-state index in [4.69, 9.17) is 4.74 Å². The van der Waals surface area contributed by atoms with E-state index < -0.39 is 12.0 Å². The Morgan fingerprint density at radius 3 is 2.86 bits per heavy atom. The summed E-state index contributed by atoms with van der Waals surface area (Å²) in [7, 11) is 0. The van der Waals surface area contributed by atoms with Gasteiger partial charge in [0, 0.05) is 4.88 Å². The Bertz CT molecular complexity index is 458. The monoisotopic (exact) mass is 312 g/mol. The zero-order valence-corrected chi connectivity index (χ0v) is 12.5. The molecular weight excluding hydrogens is 292 g/mol. The van der Waals surface area contributed by atoms with Gasteiger partial charge >= 0.3 is 5.97 Å². The first-order valence-corrected chi connectivity index (χ1v) is 7.92. The molecule has 6 nitrogen and oxygen atoms in total. The molecule has 1 aromatic rings. The normalized spacial score (nSPS) is 17.3. The molecule has 21 heavy (non-hydrogen) atoms. The van der Waals surface area contributed by atoms with E-state index >= 15 is 0 Å². The molecule has 0 aliphatic carbocycles. The van der Waals surface area contributed by atoms with Crippen LogP contribution in [-0.4, -0.2) is 42.8 Å². The molecule has 0 saturated carbocycles. The first-order valence-electron chi connectivity index (χ1n) is 7.04. The van der Waals surface area contributed by atoms with Crippen molar-refractivity contribution < 1.29 is 19.4 Å². The summed E-state index contributed by atoms with van der Waals surface area (Å²) in [5, 5.41) is 16.7. The number of nitrogens with one attached hydrogen (secondary N) is 2. The van der Waals surface area contributed by atoms with Gasteiger partial charge in [-0.2, -0.15) is 0 Å². The second-order valence-electron chi connectivity index (χ2n) is 4.92. The van der Waals surface area contributed by atoms with E-state index in [1.165, 1.54) is 11.3 Å². The van der Waals surface area contributed by atoms with Gasteiger partial charge in [-0.15, -0.1) is 11.3 Å². The van der Waals surface area contributed by atoms with Gasteiger partial charge in [-0.25, -0.2) is 4.79 Å². The SMILES string of the molecule is O=C(CCOC1CCNCC1)NC(C(=O)O)c1cccs1. The zero-order valence-electron chi connectivity index (χ0n) is 11.7. The lowest BCUT2D eigenvalue weighted by atomic mass is 10.1. The van der Waals surface area contributed by atoms with Gasteiger partial charge in [-0.05, 0) is 37.4 Å². The van der Waals surface area contributed by atoms with Crippen molar-refractivity contribution in [2.45, 2.75) is 31.4 Å². The Labute approximate surface area is 127 Å². The third-order valence-electron chi connectivity index (χ3n) is 3.35. The summed E-state index contributed by atoms with van der Waals surface area (Å²) in [5.74, 6) is -1.35. The van der Waals surface area contributed by atoms with Crippen molar-refractivity contribution in [2.24, 2.45) is 0 Å². The average Bonchev–Trinajstić information content (AvgIpc) is 2.99. The van der Waals surface area contributed by atoms with E-state index in [0.29, 0.717) is 11.5 Å². The van der Waals surface area contributed by atoms with Crippen LogP contribution in [0.5, 0.6) is 0 Å². The first-order chi connectivity index (χ1) is 10.2. The van der Waals surface area contributed by atoms with Crippen LogP contribution >= 0.6 is 11.3 Å². The van der Waals surface area contributed by atoms with E-state index in [1.54, 1.807) is 17.5 Å². The lowest BCUT2D eigenvalue weighted by Crippen LogP contribution is -2.35. The number of carboxylic acids is 1. The summed E-state index contributed by atoms with van der Waals surface area (Å²) in [5.41, 5.74) is 0.